The summed E-state index contributed by atoms with van der Waals surface area (Å²) < 4.78 is 0. The minimum atomic E-state index is -1.82. The number of fused-ring (bicyclic) bond motifs is 1. The van der Waals surface area contributed by atoms with E-state index in [2.05, 4.69) is 15.6 Å². The van der Waals surface area contributed by atoms with Crippen LogP contribution in [-0.4, -0.2) is 65.3 Å². The van der Waals surface area contributed by atoms with E-state index in [4.69, 9.17) is 19.8 Å². The van der Waals surface area contributed by atoms with Crippen molar-refractivity contribution in [2.24, 2.45) is 0 Å². The molecule has 3 rings (SSSR count). The number of carbonyl (C=O) groups is 3. The number of aliphatic carboxylic acids is 2. The fourth-order valence-electron chi connectivity index (χ4n) is 2.79. The van der Waals surface area contributed by atoms with Gasteiger partial charge in [0.25, 0.3) is 0 Å². The molecule has 1 amide bonds. The molecule has 174 valence electrons. The number of carbonyl (C=O) groups excluding carboxylic acids is 1. The number of pyridine rings is 1. The van der Waals surface area contributed by atoms with Crippen molar-refractivity contribution in [3.63, 3.8) is 0 Å². The van der Waals surface area contributed by atoms with Crippen molar-refractivity contribution < 1.29 is 29.7 Å². The molecule has 33 heavy (non-hydrogen) atoms. The van der Waals surface area contributed by atoms with Crippen LogP contribution in [0.2, 0.25) is 0 Å². The zero-order valence-corrected chi connectivity index (χ0v) is 18.3. The van der Waals surface area contributed by atoms with Crippen LogP contribution in [0.1, 0.15) is 5.56 Å². The molecule has 0 unspecified atom stereocenters. The molecular formula is C23H26N4O6. The summed E-state index contributed by atoms with van der Waals surface area (Å²) in [4.78, 5) is 37.1. The Morgan fingerprint density at radius 2 is 1.61 bits per heavy atom. The zero-order chi connectivity index (χ0) is 24.4. The Morgan fingerprint density at radius 1 is 0.970 bits per heavy atom. The third-order valence-corrected chi connectivity index (χ3v) is 4.43. The van der Waals surface area contributed by atoms with Gasteiger partial charge in [-0.15, -0.1) is 0 Å². The highest BCUT2D eigenvalue weighted by molar-refractivity contribution is 6.27. The van der Waals surface area contributed by atoms with Crippen LogP contribution in [0.4, 0.5) is 11.5 Å². The molecule has 1 heterocycles. The predicted molar refractivity (Wildman–Crippen MR) is 125 cm³/mol. The molecule has 0 atom stereocenters. The Morgan fingerprint density at radius 3 is 2.21 bits per heavy atom. The van der Waals surface area contributed by atoms with Crippen LogP contribution >= 0.6 is 0 Å². The number of nitrogens with zero attached hydrogens (tertiary/aromatic N) is 2. The lowest BCUT2D eigenvalue weighted by molar-refractivity contribution is -0.159. The number of anilines is 2. The monoisotopic (exact) mass is 454 g/mol. The van der Waals surface area contributed by atoms with E-state index in [0.717, 1.165) is 34.4 Å². The van der Waals surface area contributed by atoms with Crippen molar-refractivity contribution in [2.45, 2.75) is 6.42 Å². The number of aromatic hydroxyl groups is 1. The van der Waals surface area contributed by atoms with Gasteiger partial charge < -0.3 is 30.9 Å². The second-order valence-electron chi connectivity index (χ2n) is 7.19. The van der Waals surface area contributed by atoms with Gasteiger partial charge >= 0.3 is 11.9 Å². The van der Waals surface area contributed by atoms with Crippen molar-refractivity contribution in [1.82, 2.24) is 10.3 Å². The second kappa shape index (κ2) is 12.0. The molecule has 0 aliphatic heterocycles. The van der Waals surface area contributed by atoms with Crippen LogP contribution in [0.3, 0.4) is 0 Å². The number of hydrogen-bond donors (Lipinski definition) is 5. The molecule has 10 heteroatoms. The minimum Gasteiger partial charge on any atom is -0.508 e. The van der Waals surface area contributed by atoms with Gasteiger partial charge in [-0.05, 0) is 36.7 Å². The number of rotatable bonds is 7. The molecule has 0 radical (unpaired) electrons. The average Bonchev–Trinajstić information content (AvgIpc) is 2.78. The largest absolute Gasteiger partial charge is 0.508 e. The molecular weight excluding hydrogens is 428 g/mol. The molecule has 3 aromatic rings. The van der Waals surface area contributed by atoms with Crippen LogP contribution in [0.5, 0.6) is 5.75 Å². The number of benzene rings is 2. The number of carboxylic acids is 2. The number of phenols is 1. The van der Waals surface area contributed by atoms with E-state index in [-0.39, 0.29) is 18.2 Å². The topological polar surface area (TPSA) is 152 Å². The summed E-state index contributed by atoms with van der Waals surface area (Å²) in [6, 6.07) is 16.7. The highest BCUT2D eigenvalue weighted by Gasteiger charge is 2.10. The first-order valence-corrected chi connectivity index (χ1v) is 9.99. The van der Waals surface area contributed by atoms with Crippen molar-refractivity contribution in [3.8, 4) is 5.75 Å². The first-order valence-electron chi connectivity index (χ1n) is 9.99. The van der Waals surface area contributed by atoms with Crippen molar-refractivity contribution in [1.29, 1.82) is 0 Å². The number of aromatic nitrogens is 1. The molecule has 0 aliphatic carbocycles. The van der Waals surface area contributed by atoms with Crippen molar-refractivity contribution >= 4 is 40.3 Å². The molecule has 0 saturated carbocycles. The number of phenolic OH excluding ortho intramolecular Hbond substituents is 1. The third kappa shape index (κ3) is 8.11. The van der Waals surface area contributed by atoms with Gasteiger partial charge in [-0.1, -0.05) is 30.3 Å². The lowest BCUT2D eigenvalue weighted by atomic mass is 10.1. The molecule has 2 aromatic carbocycles. The minimum absolute atomic E-state index is 0.0956. The first kappa shape index (κ1) is 25.1. The number of hydrogen-bond acceptors (Lipinski definition) is 7. The van der Waals surface area contributed by atoms with E-state index in [1.54, 1.807) is 12.1 Å². The summed E-state index contributed by atoms with van der Waals surface area (Å²) in [5.74, 6) is -2.69. The highest BCUT2D eigenvalue weighted by atomic mass is 16.4. The Bertz CT molecular complexity index is 1100. The quantitative estimate of drug-likeness (QED) is 0.266. The van der Waals surface area contributed by atoms with E-state index in [0.29, 0.717) is 6.54 Å². The van der Waals surface area contributed by atoms with Gasteiger partial charge in [0.2, 0.25) is 5.91 Å². The highest BCUT2D eigenvalue weighted by Crippen LogP contribution is 2.26. The van der Waals surface area contributed by atoms with E-state index in [9.17, 15) is 9.90 Å². The average molecular weight is 454 g/mol. The number of nitrogens with one attached hydrogen (secondary N) is 2. The van der Waals surface area contributed by atoms with Crippen LogP contribution in [-0.2, 0) is 20.8 Å². The summed E-state index contributed by atoms with van der Waals surface area (Å²) in [5.41, 5.74) is 2.71. The summed E-state index contributed by atoms with van der Waals surface area (Å²) in [5, 5.41) is 31.1. The number of para-hydroxylation sites is 1. The van der Waals surface area contributed by atoms with E-state index in [1.165, 1.54) is 0 Å². The standard InChI is InChI=1S/C21H24N4O2.C2H2O4/c1-25(2)20-13-19(17-5-3-4-6-18(17)23-20)24-21(27)14-22-12-11-15-7-9-16(26)10-8-15;3-1(4)2(5)6/h3-10,13,22,26H,11-12,14H2,1-2H3,(H,23,24,27);(H,3,4)(H,5,6). The van der Waals surface area contributed by atoms with Gasteiger partial charge in [0, 0.05) is 25.5 Å². The molecule has 0 aliphatic rings. The SMILES string of the molecule is CN(C)c1cc(NC(=O)CNCCc2ccc(O)cc2)c2ccccc2n1.O=C(O)C(=O)O. The summed E-state index contributed by atoms with van der Waals surface area (Å²) >= 11 is 0. The maximum atomic E-state index is 12.4. The van der Waals surface area contributed by atoms with Gasteiger partial charge in [-0.25, -0.2) is 14.6 Å². The van der Waals surface area contributed by atoms with Crippen LogP contribution in [0, 0.1) is 0 Å². The smallest absolute Gasteiger partial charge is 0.414 e. The van der Waals surface area contributed by atoms with Crippen LogP contribution < -0.4 is 15.5 Å². The van der Waals surface area contributed by atoms with Gasteiger partial charge in [0.1, 0.15) is 11.6 Å². The first-order chi connectivity index (χ1) is 15.7. The van der Waals surface area contributed by atoms with Crippen LogP contribution in [0.25, 0.3) is 10.9 Å². The van der Waals surface area contributed by atoms with Gasteiger partial charge in [-0.2, -0.15) is 0 Å². The number of carboxylic acid groups (broad SMARTS) is 2. The Labute approximate surface area is 190 Å². The van der Waals surface area contributed by atoms with Gasteiger partial charge in [0.15, 0.2) is 0 Å². The van der Waals surface area contributed by atoms with Crippen molar-refractivity contribution in [3.05, 3.63) is 60.2 Å². The molecule has 0 saturated heterocycles. The maximum absolute atomic E-state index is 12.4. The van der Waals surface area contributed by atoms with Gasteiger partial charge in [-0.3, -0.25) is 4.79 Å². The zero-order valence-electron chi connectivity index (χ0n) is 18.3. The lowest BCUT2D eigenvalue weighted by Crippen LogP contribution is -2.29. The number of amides is 1. The third-order valence-electron chi connectivity index (χ3n) is 4.43. The van der Waals surface area contributed by atoms with E-state index < -0.39 is 11.9 Å². The summed E-state index contributed by atoms with van der Waals surface area (Å²) in [7, 11) is 3.85. The van der Waals surface area contributed by atoms with Crippen LogP contribution in [0.15, 0.2) is 54.6 Å². The normalized spacial score (nSPS) is 10.1. The Kier molecular flexibility index (Phi) is 9.13. The lowest BCUT2D eigenvalue weighted by Gasteiger charge is -2.16. The van der Waals surface area contributed by atoms with E-state index in [1.807, 2.05) is 61.5 Å². The predicted octanol–water partition coefficient (Wildman–Crippen LogP) is 1.93. The van der Waals surface area contributed by atoms with Gasteiger partial charge in [0.05, 0.1) is 17.7 Å². The molecule has 5 N–H and O–H groups in total. The molecule has 0 bridgehead atoms. The fourth-order valence-corrected chi connectivity index (χ4v) is 2.79. The maximum Gasteiger partial charge on any atom is 0.414 e. The summed E-state index contributed by atoms with van der Waals surface area (Å²) in [6.07, 6.45) is 0.788. The molecule has 0 fully saturated rings. The molecule has 1 aromatic heterocycles. The molecule has 0 spiro atoms. The van der Waals surface area contributed by atoms with E-state index >= 15 is 0 Å². The Hall–Kier alpha value is -4.18. The Balaban J connectivity index is 0.000000569. The summed E-state index contributed by atoms with van der Waals surface area (Å²) in [6.45, 7) is 0.907. The molecule has 10 nitrogen and oxygen atoms in total. The van der Waals surface area contributed by atoms with Crippen molar-refractivity contribution in [2.75, 3.05) is 37.4 Å². The second-order valence-corrected chi connectivity index (χ2v) is 7.19. The fraction of sp³-hybridized carbons (Fsp3) is 0.217.